The minimum absolute atomic E-state index is 0.218. The number of hydrogen-bond donors (Lipinski definition) is 0. The van der Waals surface area contributed by atoms with Gasteiger partial charge in [-0.05, 0) is 114 Å². The molecule has 7 aromatic rings. The molecule has 0 amide bonds. The predicted octanol–water partition coefficient (Wildman–Crippen LogP) is 10.3. The quantitative estimate of drug-likeness (QED) is 0.175. The molecule has 2 heterocycles. The van der Waals surface area contributed by atoms with Gasteiger partial charge >= 0.3 is 0 Å². The number of halogens is 2. The summed E-state index contributed by atoms with van der Waals surface area (Å²) in [6, 6.07) is 41.8. The van der Waals surface area contributed by atoms with Crippen LogP contribution in [0.25, 0.3) is 21.5 Å². The van der Waals surface area contributed by atoms with Crippen LogP contribution in [0, 0.1) is 20.7 Å². The average molecular weight is 634 g/mol. The second-order valence-corrected chi connectivity index (χ2v) is 13.2. The molecule has 46 heavy (non-hydrogen) atoms. The number of anilines is 6. The summed E-state index contributed by atoms with van der Waals surface area (Å²) in [5, 5.41) is 5.88. The first-order valence-corrected chi connectivity index (χ1v) is 16.2. The van der Waals surface area contributed by atoms with Gasteiger partial charge in [-0.2, -0.15) is 0 Å². The van der Waals surface area contributed by atoms with Gasteiger partial charge in [-0.15, -0.1) is 0 Å². The van der Waals surface area contributed by atoms with Gasteiger partial charge in [0.1, 0.15) is 0 Å². The van der Waals surface area contributed by atoms with E-state index in [9.17, 15) is 0 Å². The molecule has 0 fully saturated rings. The third kappa shape index (κ3) is 3.98. The number of hydrogen-bond acceptors (Lipinski definition) is 2. The van der Waals surface area contributed by atoms with Gasteiger partial charge in [0, 0.05) is 25.5 Å². The molecule has 5 heteroatoms. The minimum Gasteiger partial charge on any atom is -0.307 e. The molecule has 0 aromatic heterocycles. The zero-order valence-electron chi connectivity index (χ0n) is 28.3. The van der Waals surface area contributed by atoms with Crippen molar-refractivity contribution in [2.75, 3.05) is 9.80 Å². The van der Waals surface area contributed by atoms with Crippen molar-refractivity contribution in [1.29, 1.82) is 0 Å². The Morgan fingerprint density at radius 3 is 1.87 bits per heavy atom. The number of fused-ring (bicyclic) bond motifs is 7. The summed E-state index contributed by atoms with van der Waals surface area (Å²) >= 11 is 13.3. The Kier molecular flexibility index (Phi) is 5.41. The van der Waals surface area contributed by atoms with Gasteiger partial charge < -0.3 is 9.80 Å². The molecule has 0 aliphatic carbocycles. The van der Waals surface area contributed by atoms with Gasteiger partial charge in [0.2, 0.25) is 6.71 Å². The van der Waals surface area contributed by atoms with E-state index in [0.29, 0.717) is 15.6 Å². The summed E-state index contributed by atoms with van der Waals surface area (Å²) in [7, 11) is 0. The molecule has 2 aliphatic heterocycles. The van der Waals surface area contributed by atoms with Gasteiger partial charge in [-0.25, -0.2) is 0 Å². The SMILES string of the molecule is [2H]C([2H])([2H])c1cc(C)c(B2c3cc(Cl)ccc3N3c4cc5ccccc5cc4N(c4ccc(Cl)cc4)c4cc5ccccc5c2c43)c(C)c1. The highest BCUT2D eigenvalue weighted by atomic mass is 35.5. The predicted molar refractivity (Wildman–Crippen MR) is 200 cm³/mol. The fourth-order valence-corrected chi connectivity index (χ4v) is 8.14. The summed E-state index contributed by atoms with van der Waals surface area (Å²) in [5.74, 6) is 0. The van der Waals surface area contributed by atoms with E-state index in [1.165, 1.54) is 0 Å². The molecular weight excluding hydrogens is 602 g/mol. The molecule has 0 radical (unpaired) electrons. The number of rotatable bonds is 2. The van der Waals surface area contributed by atoms with E-state index in [-0.39, 0.29) is 6.71 Å². The third-order valence-electron chi connectivity index (χ3n) is 9.63. The Morgan fingerprint density at radius 2 is 1.17 bits per heavy atom. The van der Waals surface area contributed by atoms with Crippen LogP contribution in [0.2, 0.25) is 10.0 Å². The monoisotopic (exact) mass is 633 g/mol. The molecular formula is C41H29BCl2N2. The average Bonchev–Trinajstić information content (AvgIpc) is 3.07. The lowest BCUT2D eigenvalue weighted by Crippen LogP contribution is -2.59. The Morgan fingerprint density at radius 1 is 0.565 bits per heavy atom. The third-order valence-corrected chi connectivity index (χ3v) is 10.1. The number of benzene rings is 7. The summed E-state index contributed by atoms with van der Waals surface area (Å²) in [4.78, 5) is 4.77. The lowest BCUT2D eigenvalue weighted by Gasteiger charge is -2.46. The number of nitrogens with zero attached hydrogens (tertiary/aromatic N) is 2. The van der Waals surface area contributed by atoms with Gasteiger partial charge in [-0.3, -0.25) is 0 Å². The Labute approximate surface area is 283 Å². The fourth-order valence-electron chi connectivity index (χ4n) is 7.84. The van der Waals surface area contributed by atoms with Crippen molar-refractivity contribution >= 4 is 102 Å². The van der Waals surface area contributed by atoms with E-state index >= 15 is 0 Å². The summed E-state index contributed by atoms with van der Waals surface area (Å²) in [5.41, 5.74) is 11.9. The second-order valence-electron chi connectivity index (χ2n) is 12.4. The van der Waals surface area contributed by atoms with E-state index in [0.717, 1.165) is 83.2 Å². The van der Waals surface area contributed by atoms with Crippen LogP contribution < -0.4 is 26.2 Å². The van der Waals surface area contributed by atoms with E-state index in [4.69, 9.17) is 27.3 Å². The first-order valence-electron chi connectivity index (χ1n) is 16.9. The maximum absolute atomic E-state index is 8.18. The minimum atomic E-state index is -2.21. The molecule has 0 saturated heterocycles. The van der Waals surface area contributed by atoms with Gasteiger partial charge in [-0.1, -0.05) is 106 Å². The summed E-state index contributed by atoms with van der Waals surface area (Å²) in [6.07, 6.45) is 0. The molecule has 0 bridgehead atoms. The highest BCUT2D eigenvalue weighted by molar-refractivity contribution is 7.00. The molecule has 9 rings (SSSR count). The van der Waals surface area contributed by atoms with E-state index in [1.807, 2.05) is 44.2 Å². The Bertz CT molecular complexity index is 2490. The maximum atomic E-state index is 8.18. The van der Waals surface area contributed by atoms with Crippen LogP contribution in [-0.4, -0.2) is 6.71 Å². The molecule has 0 atom stereocenters. The van der Waals surface area contributed by atoms with Crippen LogP contribution in [0.3, 0.4) is 0 Å². The smallest absolute Gasteiger partial charge is 0.248 e. The van der Waals surface area contributed by atoms with Crippen molar-refractivity contribution in [2.24, 2.45) is 0 Å². The van der Waals surface area contributed by atoms with Gasteiger partial charge in [0.25, 0.3) is 0 Å². The first kappa shape index (κ1) is 24.5. The van der Waals surface area contributed by atoms with E-state index in [1.54, 1.807) is 0 Å². The fraction of sp³-hybridized carbons (Fsp3) is 0.0732. The molecule has 0 unspecified atom stereocenters. The number of aryl methyl sites for hydroxylation is 3. The molecule has 0 N–H and O–H groups in total. The van der Waals surface area contributed by atoms with Crippen LogP contribution in [0.15, 0.2) is 121 Å². The molecule has 7 aromatic carbocycles. The Balaban J connectivity index is 1.46. The van der Waals surface area contributed by atoms with Gasteiger partial charge in [0.15, 0.2) is 0 Å². The van der Waals surface area contributed by atoms with Crippen molar-refractivity contribution in [1.82, 2.24) is 0 Å². The normalized spacial score (nSPS) is 14.4. The standard InChI is InChI=1S/C41H29BCl2N2/c1-24-18-25(2)39(26(3)19-24)42-34-23-31(44)14-17-35(34)46-37-21-28-9-5-4-8-27(28)20-36(37)45(32-15-12-30(43)13-16-32)38-22-29-10-6-7-11-33(29)40(42)41(38)46/h4-23H,1-3H3/i1D3. The van der Waals surface area contributed by atoms with Crippen LogP contribution in [-0.2, 0) is 0 Å². The largest absolute Gasteiger partial charge is 0.307 e. The molecule has 220 valence electrons. The molecule has 2 nitrogen and oxygen atoms in total. The van der Waals surface area contributed by atoms with E-state index < -0.39 is 6.85 Å². The molecule has 0 spiro atoms. The van der Waals surface area contributed by atoms with Crippen molar-refractivity contribution in [3.05, 3.63) is 148 Å². The van der Waals surface area contributed by atoms with E-state index in [2.05, 4.69) is 101 Å². The summed E-state index contributed by atoms with van der Waals surface area (Å²) in [6.45, 7) is 1.65. The van der Waals surface area contributed by atoms with Crippen molar-refractivity contribution in [3.8, 4) is 0 Å². The van der Waals surface area contributed by atoms with Crippen LogP contribution >= 0.6 is 23.2 Å². The Hall–Kier alpha value is -4.70. The summed E-state index contributed by atoms with van der Waals surface area (Å²) < 4.78 is 24.5. The topological polar surface area (TPSA) is 6.48 Å². The molecule has 2 aliphatic rings. The van der Waals surface area contributed by atoms with Crippen LogP contribution in [0.4, 0.5) is 34.1 Å². The second kappa shape index (κ2) is 10.2. The van der Waals surface area contributed by atoms with Crippen LogP contribution in [0.1, 0.15) is 20.8 Å². The highest BCUT2D eigenvalue weighted by Gasteiger charge is 2.43. The molecule has 0 saturated carbocycles. The maximum Gasteiger partial charge on any atom is 0.248 e. The highest BCUT2D eigenvalue weighted by Crippen LogP contribution is 2.56. The van der Waals surface area contributed by atoms with Crippen molar-refractivity contribution in [2.45, 2.75) is 20.7 Å². The first-order chi connectivity index (χ1) is 23.6. The zero-order valence-corrected chi connectivity index (χ0v) is 26.8. The van der Waals surface area contributed by atoms with Gasteiger partial charge in [0.05, 0.1) is 22.7 Å². The van der Waals surface area contributed by atoms with Crippen molar-refractivity contribution in [3.63, 3.8) is 0 Å². The van der Waals surface area contributed by atoms with Crippen molar-refractivity contribution < 1.29 is 4.11 Å². The lowest BCUT2D eigenvalue weighted by molar-refractivity contribution is 1.18. The lowest BCUT2D eigenvalue weighted by atomic mass is 9.33. The van der Waals surface area contributed by atoms with Crippen LogP contribution in [0.5, 0.6) is 0 Å². The zero-order chi connectivity index (χ0) is 33.8.